The van der Waals surface area contributed by atoms with Gasteiger partial charge in [-0.1, -0.05) is 60.6 Å². The minimum absolute atomic E-state index is 0.0378. The fourth-order valence-corrected chi connectivity index (χ4v) is 7.98. The Morgan fingerprint density at radius 2 is 2.12 bits per heavy atom. The molecule has 0 saturated heterocycles. The number of nitrogens with zero attached hydrogens (tertiary/aromatic N) is 2. The summed E-state index contributed by atoms with van der Waals surface area (Å²) in [6, 6.07) is 11.5. The maximum absolute atomic E-state index is 13.2. The van der Waals surface area contributed by atoms with E-state index in [1.165, 1.54) is 11.1 Å². The predicted octanol–water partition coefficient (Wildman–Crippen LogP) is 7.05. The van der Waals surface area contributed by atoms with Crippen molar-refractivity contribution in [2.24, 2.45) is 22.1 Å². The molecule has 1 N–H and O–H groups in total. The summed E-state index contributed by atoms with van der Waals surface area (Å²) in [5.41, 5.74) is 4.50. The van der Waals surface area contributed by atoms with E-state index in [0.717, 1.165) is 42.0 Å². The second kappa shape index (κ2) is 12.8. The number of carbonyl (C=O) groups excluding carboxylic acids is 1. The molecule has 1 fully saturated rings. The Bertz CT molecular complexity index is 1480. The van der Waals surface area contributed by atoms with Crippen LogP contribution in [0.15, 0.2) is 78.2 Å². The minimum atomic E-state index is -1.63. The van der Waals surface area contributed by atoms with Crippen molar-refractivity contribution in [3.8, 4) is 5.75 Å². The summed E-state index contributed by atoms with van der Waals surface area (Å²) in [5.74, 6) is 0.714. The van der Waals surface area contributed by atoms with Gasteiger partial charge in [0.2, 0.25) is 0 Å². The van der Waals surface area contributed by atoms with Gasteiger partial charge in [-0.15, -0.1) is 13.2 Å². The van der Waals surface area contributed by atoms with Crippen LogP contribution in [0.2, 0.25) is 5.02 Å². The lowest BCUT2D eigenvalue weighted by molar-refractivity contribution is 0.0874. The van der Waals surface area contributed by atoms with Crippen LogP contribution in [-0.2, 0) is 26.6 Å². The van der Waals surface area contributed by atoms with Crippen molar-refractivity contribution in [2.75, 3.05) is 30.3 Å². The molecule has 42 heavy (non-hydrogen) atoms. The number of hydrogen-bond donors (Lipinski definition) is 1. The first-order valence-electron chi connectivity index (χ1n) is 14.7. The highest BCUT2D eigenvalue weighted by Crippen LogP contribution is 2.47. The number of ether oxygens (including phenoxy) is 1. The Labute approximate surface area is 256 Å². The lowest BCUT2D eigenvalue weighted by Crippen LogP contribution is -2.50. The number of hydrogen-bond acceptors (Lipinski definition) is 6. The molecule has 1 saturated carbocycles. The lowest BCUT2D eigenvalue weighted by Gasteiger charge is -2.46. The number of amides is 1. The smallest absolute Gasteiger partial charge is 0.254 e. The van der Waals surface area contributed by atoms with Gasteiger partial charge in [0.15, 0.2) is 0 Å². The van der Waals surface area contributed by atoms with Crippen LogP contribution < -0.4 is 9.64 Å². The van der Waals surface area contributed by atoms with Crippen molar-refractivity contribution in [3.63, 3.8) is 0 Å². The zero-order chi connectivity index (χ0) is 30.0. The van der Waals surface area contributed by atoms with Crippen molar-refractivity contribution in [1.29, 1.82) is 0 Å². The number of rotatable bonds is 9. The van der Waals surface area contributed by atoms with Crippen molar-refractivity contribution in [1.82, 2.24) is 0 Å². The van der Waals surface area contributed by atoms with Gasteiger partial charge in [-0.2, -0.15) is 10.6 Å². The van der Waals surface area contributed by atoms with Gasteiger partial charge in [0, 0.05) is 40.9 Å². The summed E-state index contributed by atoms with van der Waals surface area (Å²) in [6.45, 7) is 15.6. The number of allylic oxidation sites excluding steroid dienone is 1. The Morgan fingerprint density at radius 1 is 1.31 bits per heavy atom. The molecule has 0 unspecified atom stereocenters. The number of aliphatic hydroxyl groups excluding tert-OH is 1. The Kier molecular flexibility index (Phi) is 9.31. The molecule has 3 aliphatic rings. The van der Waals surface area contributed by atoms with Crippen LogP contribution in [0.25, 0.3) is 0 Å². The largest absolute Gasteiger partial charge is 0.490 e. The van der Waals surface area contributed by atoms with Gasteiger partial charge in [-0.25, -0.2) is 0 Å². The molecule has 2 aromatic rings. The Balaban J connectivity index is 1.52. The first kappa shape index (κ1) is 30.6. The number of aryl methyl sites for hydroxylation is 1. The monoisotopic (exact) mass is 607 g/mol. The molecular weight excluding hydrogens is 568 g/mol. The molecular formula is C34H40ClN2O4S-. The van der Waals surface area contributed by atoms with Crippen molar-refractivity contribution in [3.05, 3.63) is 95.6 Å². The van der Waals surface area contributed by atoms with Gasteiger partial charge < -0.3 is 23.3 Å². The fraction of sp³-hybridized carbons (Fsp3) is 0.441. The number of fused-ring (bicyclic) bond motifs is 3. The van der Waals surface area contributed by atoms with Crippen LogP contribution in [0, 0.1) is 17.8 Å². The average Bonchev–Trinajstić information content (AvgIpc) is 3.11. The zero-order valence-electron chi connectivity index (χ0n) is 24.3. The summed E-state index contributed by atoms with van der Waals surface area (Å²) in [7, 11) is -1.63. The van der Waals surface area contributed by atoms with Crippen LogP contribution in [0.4, 0.5) is 5.69 Å². The van der Waals surface area contributed by atoms with E-state index in [0.29, 0.717) is 43.2 Å². The standard InChI is InChI=1S/C34H40ClN2O4S/c1-5-8-22(3)19-42(40)36-33(39)25-10-13-32-30(17-25)37(18-28-23(4)15-27(28)31(38)6-2)20-34(21-41-32)14-7-9-24-16-26(35)11-12-29(24)34/h5-6,10-13,16-17,22,27-28,31,38H,1-2,4,7-9,14-15,18-21H2,3H3/q-1/t22-,27+,28+,31-,34-/m0/s1. The maximum atomic E-state index is 13.2. The fourth-order valence-electron chi connectivity index (χ4n) is 6.80. The zero-order valence-corrected chi connectivity index (χ0v) is 25.8. The first-order valence-corrected chi connectivity index (χ1v) is 16.3. The van der Waals surface area contributed by atoms with E-state index in [1.54, 1.807) is 18.2 Å². The second-order valence-corrected chi connectivity index (χ2v) is 13.8. The molecule has 1 amide bonds. The topological polar surface area (TPSA) is 79.2 Å². The highest BCUT2D eigenvalue weighted by molar-refractivity contribution is 7.75. The van der Waals surface area contributed by atoms with E-state index in [4.69, 9.17) is 16.3 Å². The first-order chi connectivity index (χ1) is 20.1. The van der Waals surface area contributed by atoms with Gasteiger partial charge in [0.1, 0.15) is 5.75 Å². The molecule has 2 aromatic carbocycles. The molecule has 6 nitrogen and oxygen atoms in total. The van der Waals surface area contributed by atoms with Gasteiger partial charge in [0.05, 0.1) is 18.4 Å². The van der Waals surface area contributed by atoms with Gasteiger partial charge in [-0.3, -0.25) is 4.79 Å². The van der Waals surface area contributed by atoms with Crippen molar-refractivity contribution < 1.29 is 18.8 Å². The normalized spacial score (nSPS) is 25.3. The third kappa shape index (κ3) is 6.24. The van der Waals surface area contributed by atoms with Crippen LogP contribution in [0.1, 0.15) is 54.1 Å². The number of carbonyl (C=O) groups is 1. The molecule has 0 radical (unpaired) electrons. The van der Waals surface area contributed by atoms with Crippen LogP contribution in [-0.4, -0.2) is 42.6 Å². The summed E-state index contributed by atoms with van der Waals surface area (Å²) < 4.78 is 23.2. The highest BCUT2D eigenvalue weighted by atomic mass is 35.5. The Hall–Kier alpha value is -2.87. The maximum Gasteiger partial charge on any atom is 0.254 e. The van der Waals surface area contributed by atoms with Crippen LogP contribution >= 0.6 is 11.6 Å². The van der Waals surface area contributed by atoms with E-state index < -0.39 is 22.6 Å². The number of anilines is 1. The van der Waals surface area contributed by atoms with E-state index in [9.17, 15) is 14.1 Å². The highest BCUT2D eigenvalue weighted by Gasteiger charge is 2.45. The van der Waals surface area contributed by atoms with E-state index in [-0.39, 0.29) is 23.2 Å². The molecule has 1 aliphatic heterocycles. The summed E-state index contributed by atoms with van der Waals surface area (Å²) in [4.78, 5) is 15.5. The quantitative estimate of drug-likeness (QED) is 0.244. The third-order valence-corrected chi connectivity index (χ3v) is 10.6. The molecule has 0 bridgehead atoms. The molecule has 224 valence electrons. The predicted molar refractivity (Wildman–Crippen MR) is 171 cm³/mol. The molecule has 8 heteroatoms. The van der Waals surface area contributed by atoms with Crippen molar-refractivity contribution >= 4 is 33.8 Å². The minimum Gasteiger partial charge on any atom is -0.490 e. The van der Waals surface area contributed by atoms with E-state index in [2.05, 4.69) is 41.1 Å². The molecule has 1 spiro atoms. The summed E-state index contributed by atoms with van der Waals surface area (Å²) >= 11 is 6.38. The molecule has 1 heterocycles. The number of halogens is 1. The molecule has 0 aromatic heterocycles. The summed E-state index contributed by atoms with van der Waals surface area (Å²) in [6.07, 6.45) is 7.20. The van der Waals surface area contributed by atoms with Crippen LogP contribution in [0.3, 0.4) is 0 Å². The average molecular weight is 608 g/mol. The van der Waals surface area contributed by atoms with Gasteiger partial charge in [0.25, 0.3) is 5.91 Å². The Morgan fingerprint density at radius 3 is 2.86 bits per heavy atom. The van der Waals surface area contributed by atoms with Gasteiger partial charge >= 0.3 is 0 Å². The van der Waals surface area contributed by atoms with E-state index in [1.807, 2.05) is 25.1 Å². The van der Waals surface area contributed by atoms with Crippen LogP contribution in [0.5, 0.6) is 5.75 Å². The molecule has 5 atom stereocenters. The third-order valence-electron chi connectivity index (χ3n) is 9.10. The van der Waals surface area contributed by atoms with Crippen molar-refractivity contribution in [2.45, 2.75) is 50.5 Å². The number of benzene rings is 2. The SMILES string of the molecule is C=CC[C@H](C)C[S-](=O)=NC(=O)c1ccc2c(c1)N(C[C@@H]1C(=C)C[C@H]1[C@@H](O)C=C)C[C@@]1(CCCc3cc(Cl)ccc31)CO2. The second-order valence-electron chi connectivity index (χ2n) is 12.2. The van der Waals surface area contributed by atoms with Gasteiger partial charge in [-0.05, 0) is 73.6 Å². The molecule has 5 rings (SSSR count). The lowest BCUT2D eigenvalue weighted by atomic mass is 9.66. The summed E-state index contributed by atoms with van der Waals surface area (Å²) in [5, 5.41) is 11.4. The molecule has 2 aliphatic carbocycles. The van der Waals surface area contributed by atoms with E-state index >= 15 is 0 Å². The number of aliphatic hydroxyl groups is 1.